The molecule has 0 aliphatic carbocycles. The van der Waals surface area contributed by atoms with Gasteiger partial charge >= 0.3 is 69.5 Å². The Hall–Kier alpha value is 2.99. The average Bonchev–Trinajstić information content (AvgIpc) is 1.89. The molecule has 0 bridgehead atoms. The maximum Gasteiger partial charge on any atom is -0.107 e. The molecule has 0 saturated carbocycles. The summed E-state index contributed by atoms with van der Waals surface area (Å²) in [5.74, 6) is 0. The molecule has 0 fully saturated rings. The SMILES string of the molecule is CCC[CH2][Sn][CH2]CCC.I.I.I. The van der Waals surface area contributed by atoms with E-state index in [-0.39, 0.29) is 93.1 Å². The molecule has 0 aliphatic rings. The van der Waals surface area contributed by atoms with Crippen molar-refractivity contribution in [3.05, 3.63) is 0 Å². The molecule has 0 rings (SSSR count). The van der Waals surface area contributed by atoms with Crippen LogP contribution in [0.5, 0.6) is 0 Å². The van der Waals surface area contributed by atoms with Crippen molar-refractivity contribution in [2.45, 2.75) is 48.4 Å². The molecule has 12 heavy (non-hydrogen) atoms. The minimum atomic E-state index is 0. The van der Waals surface area contributed by atoms with Crippen molar-refractivity contribution in [1.82, 2.24) is 0 Å². The van der Waals surface area contributed by atoms with E-state index in [9.17, 15) is 0 Å². The summed E-state index contributed by atoms with van der Waals surface area (Å²) >= 11 is 0.149. The normalized spacial score (nSPS) is 7.50. The zero-order valence-electron chi connectivity index (χ0n) is 7.97. The summed E-state index contributed by atoms with van der Waals surface area (Å²) in [6, 6.07) is 0. The van der Waals surface area contributed by atoms with Gasteiger partial charge in [-0.3, -0.25) is 0 Å². The van der Waals surface area contributed by atoms with E-state index in [1.807, 2.05) is 0 Å². The van der Waals surface area contributed by atoms with Crippen molar-refractivity contribution >= 4 is 93.1 Å². The quantitative estimate of drug-likeness (QED) is 0.225. The molecule has 0 spiro atoms. The van der Waals surface area contributed by atoms with Crippen molar-refractivity contribution in [3.63, 3.8) is 0 Å². The molecular weight excluding hydrogens is 596 g/mol. The van der Waals surface area contributed by atoms with Gasteiger partial charge in [-0.25, -0.2) is 0 Å². The Morgan fingerprint density at radius 1 is 0.750 bits per heavy atom. The number of rotatable bonds is 6. The molecule has 0 nitrogen and oxygen atoms in total. The molecule has 0 aliphatic heterocycles. The van der Waals surface area contributed by atoms with Gasteiger partial charge < -0.3 is 0 Å². The van der Waals surface area contributed by atoms with Gasteiger partial charge in [-0.1, -0.05) is 0 Å². The van der Waals surface area contributed by atoms with Gasteiger partial charge in [0.05, 0.1) is 0 Å². The summed E-state index contributed by atoms with van der Waals surface area (Å²) in [4.78, 5) is 0. The third-order valence-corrected chi connectivity index (χ3v) is 5.45. The van der Waals surface area contributed by atoms with Crippen molar-refractivity contribution in [2.75, 3.05) is 0 Å². The summed E-state index contributed by atoms with van der Waals surface area (Å²) in [6.07, 6.45) is 5.84. The Kier molecular flexibility index (Phi) is 47.9. The van der Waals surface area contributed by atoms with Gasteiger partial charge in [0.15, 0.2) is 0 Å². The number of hydrogen-bond acceptors (Lipinski definition) is 0. The smallest absolute Gasteiger partial charge is 0.107 e. The molecule has 4 heteroatoms. The molecule has 2 radical (unpaired) electrons. The van der Waals surface area contributed by atoms with Crippen LogP contribution in [0.25, 0.3) is 0 Å². The van der Waals surface area contributed by atoms with E-state index in [1.165, 1.54) is 25.7 Å². The van der Waals surface area contributed by atoms with Crippen LogP contribution in [0.15, 0.2) is 0 Å². The molecule has 0 unspecified atom stereocenters. The summed E-state index contributed by atoms with van der Waals surface area (Å²) in [5.41, 5.74) is 0. The molecule has 0 heterocycles. The molecule has 0 saturated heterocycles. The predicted molar refractivity (Wildman–Crippen MR) is 91.4 cm³/mol. The molecule has 0 aromatic carbocycles. The minimum Gasteiger partial charge on any atom is -0.107 e. The van der Waals surface area contributed by atoms with Crippen LogP contribution < -0.4 is 0 Å². The minimum absolute atomic E-state index is 0. The van der Waals surface area contributed by atoms with Crippen LogP contribution in [0.3, 0.4) is 0 Å². The van der Waals surface area contributed by atoms with E-state index in [1.54, 1.807) is 8.87 Å². The Morgan fingerprint density at radius 2 is 1.08 bits per heavy atom. The fourth-order valence-corrected chi connectivity index (χ4v) is 4.89. The van der Waals surface area contributed by atoms with E-state index in [4.69, 9.17) is 0 Å². The maximum atomic E-state index is 2.29. The first-order chi connectivity index (χ1) is 4.41. The van der Waals surface area contributed by atoms with Crippen LogP contribution >= 0.6 is 71.9 Å². The second kappa shape index (κ2) is 23.7. The van der Waals surface area contributed by atoms with Gasteiger partial charge in [0, 0.05) is 0 Å². The monoisotopic (exact) mass is 618 g/mol. The second-order valence-electron chi connectivity index (χ2n) is 2.46. The van der Waals surface area contributed by atoms with Gasteiger partial charge in [-0.15, -0.1) is 71.9 Å². The van der Waals surface area contributed by atoms with Crippen LogP contribution in [-0.2, 0) is 0 Å². The first-order valence-corrected chi connectivity index (χ1v) is 8.16. The molecule has 0 amide bonds. The van der Waals surface area contributed by atoms with E-state index < -0.39 is 0 Å². The predicted octanol–water partition coefficient (Wildman–Crippen LogP) is 4.98. The summed E-state index contributed by atoms with van der Waals surface area (Å²) in [5, 5.41) is 0. The van der Waals surface area contributed by atoms with Gasteiger partial charge in [-0.05, 0) is 0 Å². The molecule has 0 aromatic heterocycles. The summed E-state index contributed by atoms with van der Waals surface area (Å²) in [6.45, 7) is 4.58. The first-order valence-electron chi connectivity index (χ1n) is 4.12. The van der Waals surface area contributed by atoms with Crippen LogP contribution in [0.1, 0.15) is 39.5 Å². The fourth-order valence-electron chi connectivity index (χ4n) is 0.729. The third-order valence-electron chi connectivity index (χ3n) is 1.41. The molecule has 0 N–H and O–H groups in total. The number of halogens is 3. The summed E-state index contributed by atoms with van der Waals surface area (Å²) in [7, 11) is 0. The van der Waals surface area contributed by atoms with Crippen LogP contribution in [0, 0.1) is 0 Å². The maximum absolute atomic E-state index is 2.29. The van der Waals surface area contributed by atoms with Crippen molar-refractivity contribution < 1.29 is 0 Å². The largest absolute Gasteiger partial charge is 0.107 e. The van der Waals surface area contributed by atoms with E-state index in [0.717, 1.165) is 0 Å². The zero-order chi connectivity index (χ0) is 6.95. The zero-order valence-corrected chi connectivity index (χ0v) is 17.8. The molecule has 78 valence electrons. The Balaban J connectivity index is -0.000000107. The fraction of sp³-hybridized carbons (Fsp3) is 1.00. The van der Waals surface area contributed by atoms with Crippen molar-refractivity contribution in [2.24, 2.45) is 0 Å². The standard InChI is InChI=1S/2C4H9.3HI.Sn/c2*1-3-4-2;;;;/h2*1,3-4H2,2H3;3*1H;. The first kappa shape index (κ1) is 24.3. The number of hydrogen-bond donors (Lipinski definition) is 0. The topological polar surface area (TPSA) is 0 Å². The summed E-state index contributed by atoms with van der Waals surface area (Å²) < 4.78 is 3.25. The van der Waals surface area contributed by atoms with Crippen molar-refractivity contribution in [3.8, 4) is 0 Å². The van der Waals surface area contributed by atoms with E-state index in [0.29, 0.717) is 0 Å². The molecular formula is C8H21I3Sn. The van der Waals surface area contributed by atoms with Gasteiger partial charge in [0.1, 0.15) is 0 Å². The third kappa shape index (κ3) is 23.1. The Morgan fingerprint density at radius 3 is 1.33 bits per heavy atom. The van der Waals surface area contributed by atoms with Crippen LogP contribution in [-0.4, -0.2) is 21.1 Å². The van der Waals surface area contributed by atoms with E-state index in [2.05, 4.69) is 13.8 Å². The van der Waals surface area contributed by atoms with Gasteiger partial charge in [0.2, 0.25) is 0 Å². The Bertz CT molecular complexity index is 47.6. The van der Waals surface area contributed by atoms with Crippen LogP contribution in [0.4, 0.5) is 0 Å². The Labute approximate surface area is 139 Å². The van der Waals surface area contributed by atoms with Crippen LogP contribution in [0.2, 0.25) is 8.87 Å². The second-order valence-corrected chi connectivity index (χ2v) is 6.74. The van der Waals surface area contributed by atoms with E-state index >= 15 is 0 Å². The number of unbranched alkanes of at least 4 members (excludes halogenated alkanes) is 2. The average molecular weight is 617 g/mol. The van der Waals surface area contributed by atoms with Gasteiger partial charge in [-0.2, -0.15) is 0 Å². The van der Waals surface area contributed by atoms with Crippen molar-refractivity contribution in [1.29, 1.82) is 0 Å². The molecule has 0 aromatic rings. The molecule has 0 atom stereocenters. The van der Waals surface area contributed by atoms with Gasteiger partial charge in [0.25, 0.3) is 0 Å².